The van der Waals surface area contributed by atoms with Crippen LogP contribution < -0.4 is 0 Å². The van der Waals surface area contributed by atoms with Crippen molar-refractivity contribution in [2.45, 2.75) is 27.7 Å². The summed E-state index contributed by atoms with van der Waals surface area (Å²) in [5.41, 5.74) is 0. The fourth-order valence-corrected chi connectivity index (χ4v) is 0.980. The van der Waals surface area contributed by atoms with Crippen molar-refractivity contribution in [3.63, 3.8) is 0 Å². The van der Waals surface area contributed by atoms with E-state index in [1.807, 2.05) is 0 Å². The summed E-state index contributed by atoms with van der Waals surface area (Å²) in [7, 11) is 0. The molecule has 0 fully saturated rings. The van der Waals surface area contributed by atoms with Gasteiger partial charge in [-0.25, -0.2) is 0 Å². The molecule has 0 rings (SSSR count). The molecule has 6 heteroatoms. The zero-order valence-corrected chi connectivity index (χ0v) is 12.2. The van der Waals surface area contributed by atoms with Gasteiger partial charge in [-0.05, 0) is 27.7 Å². The molecule has 0 atom stereocenters. The molecular weight excluding hydrogens is 247 g/mol. The van der Waals surface area contributed by atoms with E-state index in [1.54, 1.807) is 12.7 Å². The van der Waals surface area contributed by atoms with Gasteiger partial charge in [0.1, 0.15) is 12.7 Å². The minimum atomic E-state index is 0. The van der Waals surface area contributed by atoms with Crippen molar-refractivity contribution in [1.82, 2.24) is 9.80 Å². The third-order valence-electron chi connectivity index (χ3n) is 2.12. The Morgan fingerprint density at radius 1 is 0.688 bits per heavy atom. The molecule has 0 radical (unpaired) electrons. The average molecular weight is 271 g/mol. The molecule has 0 N–H and O–H groups in total. The molecule has 0 amide bonds. The van der Waals surface area contributed by atoms with Crippen LogP contribution in [0, 0.1) is 0 Å². The minimum Gasteiger partial charge on any atom is -0.362 e. The molecule has 0 aromatic carbocycles. The molecule has 16 heavy (non-hydrogen) atoms. The Balaban J connectivity index is -0.000000845. The number of halogens is 2. The fourth-order valence-electron chi connectivity index (χ4n) is 0.980. The fraction of sp³-hybridized carbons (Fsp3) is 0.800. The van der Waals surface area contributed by atoms with E-state index in [0.29, 0.717) is 0 Å². The lowest BCUT2D eigenvalue weighted by Crippen LogP contribution is -2.21. The van der Waals surface area contributed by atoms with Crippen LogP contribution in [0.2, 0.25) is 0 Å². The van der Waals surface area contributed by atoms with Crippen molar-refractivity contribution < 1.29 is 0 Å². The van der Waals surface area contributed by atoms with Gasteiger partial charge in [-0.2, -0.15) is 0 Å². The molecule has 0 saturated carbocycles. The smallest absolute Gasteiger partial charge is 0.114 e. The first-order valence-electron chi connectivity index (χ1n) is 5.33. The van der Waals surface area contributed by atoms with E-state index in [0.717, 1.165) is 26.2 Å². The molecule has 0 spiro atoms. The van der Waals surface area contributed by atoms with Gasteiger partial charge in [0.05, 0.1) is 0 Å². The summed E-state index contributed by atoms with van der Waals surface area (Å²) < 4.78 is 0. The zero-order valence-electron chi connectivity index (χ0n) is 10.6. The van der Waals surface area contributed by atoms with Gasteiger partial charge in [0.25, 0.3) is 0 Å². The second-order valence-electron chi connectivity index (χ2n) is 2.90. The van der Waals surface area contributed by atoms with Crippen LogP contribution in [-0.4, -0.2) is 48.7 Å². The highest BCUT2D eigenvalue weighted by atomic mass is 35.5. The van der Waals surface area contributed by atoms with Crippen molar-refractivity contribution in [2.24, 2.45) is 10.2 Å². The highest BCUT2D eigenvalue weighted by Crippen LogP contribution is 1.84. The standard InChI is InChI=1S/C10H22N4.2ClH/c1-5-13(6-2)9-11-12-10-14(7-3)8-4;;/h9-10H,5-8H2,1-4H3;2*1H/b11-9+,12-10+;;. The Kier molecular flexibility index (Phi) is 18.9. The van der Waals surface area contributed by atoms with Crippen LogP contribution in [0.25, 0.3) is 0 Å². The maximum atomic E-state index is 3.98. The van der Waals surface area contributed by atoms with Crippen LogP contribution in [0.4, 0.5) is 0 Å². The van der Waals surface area contributed by atoms with Gasteiger partial charge in [-0.1, -0.05) is 0 Å². The molecule has 0 unspecified atom stereocenters. The van der Waals surface area contributed by atoms with E-state index in [9.17, 15) is 0 Å². The SMILES string of the molecule is CCN(/C=N/N=C/N(CC)CC)CC.Cl.Cl. The molecule has 0 aromatic rings. The zero-order chi connectivity index (χ0) is 10.8. The molecule has 0 aliphatic carbocycles. The van der Waals surface area contributed by atoms with Gasteiger partial charge in [0.2, 0.25) is 0 Å². The van der Waals surface area contributed by atoms with Crippen molar-refractivity contribution in [3.8, 4) is 0 Å². The Morgan fingerprint density at radius 3 is 1.12 bits per heavy atom. The molecule has 0 bridgehead atoms. The Hall–Kier alpha value is -0.480. The van der Waals surface area contributed by atoms with Gasteiger partial charge >= 0.3 is 0 Å². The Bertz CT molecular complexity index is 158. The largest absolute Gasteiger partial charge is 0.362 e. The second-order valence-corrected chi connectivity index (χ2v) is 2.90. The third-order valence-corrected chi connectivity index (χ3v) is 2.12. The van der Waals surface area contributed by atoms with Gasteiger partial charge in [-0.3, -0.25) is 0 Å². The van der Waals surface area contributed by atoms with E-state index >= 15 is 0 Å². The van der Waals surface area contributed by atoms with Crippen LogP contribution in [0.1, 0.15) is 27.7 Å². The third kappa shape index (κ3) is 10.1. The lowest BCUT2D eigenvalue weighted by Gasteiger charge is -2.13. The van der Waals surface area contributed by atoms with Crippen molar-refractivity contribution in [1.29, 1.82) is 0 Å². The summed E-state index contributed by atoms with van der Waals surface area (Å²) in [5.74, 6) is 0. The lowest BCUT2D eigenvalue weighted by atomic mass is 10.6. The van der Waals surface area contributed by atoms with Crippen molar-refractivity contribution >= 4 is 37.5 Å². The first-order valence-corrected chi connectivity index (χ1v) is 5.33. The summed E-state index contributed by atoms with van der Waals surface area (Å²) in [6.45, 7) is 12.3. The molecule has 0 aliphatic rings. The van der Waals surface area contributed by atoms with Crippen LogP contribution in [0.15, 0.2) is 10.2 Å². The monoisotopic (exact) mass is 270 g/mol. The topological polar surface area (TPSA) is 31.2 Å². The number of rotatable bonds is 7. The Morgan fingerprint density at radius 2 is 0.938 bits per heavy atom. The molecule has 0 saturated heterocycles. The molecular formula is C10H24Cl2N4. The summed E-state index contributed by atoms with van der Waals surface area (Å²) in [6.07, 6.45) is 3.56. The predicted molar refractivity (Wildman–Crippen MR) is 77.3 cm³/mol. The van der Waals surface area contributed by atoms with Crippen LogP contribution >= 0.6 is 24.8 Å². The molecule has 0 aliphatic heterocycles. The molecule has 4 nitrogen and oxygen atoms in total. The quantitative estimate of drug-likeness (QED) is 0.404. The maximum Gasteiger partial charge on any atom is 0.114 e. The summed E-state index contributed by atoms with van der Waals surface area (Å²) in [4.78, 5) is 4.19. The highest BCUT2D eigenvalue weighted by molar-refractivity contribution is 5.85. The van der Waals surface area contributed by atoms with E-state index in [4.69, 9.17) is 0 Å². The van der Waals surface area contributed by atoms with Crippen LogP contribution in [-0.2, 0) is 0 Å². The van der Waals surface area contributed by atoms with E-state index in [2.05, 4.69) is 47.7 Å². The summed E-state index contributed by atoms with van der Waals surface area (Å²) in [6, 6.07) is 0. The lowest BCUT2D eigenvalue weighted by molar-refractivity contribution is 0.473. The number of nitrogens with zero attached hydrogens (tertiary/aromatic N) is 4. The first kappa shape index (κ1) is 20.9. The average Bonchev–Trinajstić information content (AvgIpc) is 2.24. The van der Waals surface area contributed by atoms with Gasteiger partial charge in [-0.15, -0.1) is 35.0 Å². The highest BCUT2D eigenvalue weighted by Gasteiger charge is 1.90. The van der Waals surface area contributed by atoms with Crippen LogP contribution in [0.3, 0.4) is 0 Å². The van der Waals surface area contributed by atoms with E-state index in [-0.39, 0.29) is 24.8 Å². The molecule has 0 aromatic heterocycles. The van der Waals surface area contributed by atoms with Crippen molar-refractivity contribution in [2.75, 3.05) is 26.2 Å². The summed E-state index contributed by atoms with van der Waals surface area (Å²) >= 11 is 0. The second kappa shape index (κ2) is 14.5. The van der Waals surface area contributed by atoms with Crippen molar-refractivity contribution in [3.05, 3.63) is 0 Å². The van der Waals surface area contributed by atoms with E-state index in [1.165, 1.54) is 0 Å². The van der Waals surface area contributed by atoms with Gasteiger partial charge in [0, 0.05) is 26.2 Å². The summed E-state index contributed by atoms with van der Waals surface area (Å²) in [5, 5.41) is 7.96. The minimum absolute atomic E-state index is 0. The first-order chi connectivity index (χ1) is 6.78. The molecule has 98 valence electrons. The van der Waals surface area contributed by atoms with Gasteiger partial charge < -0.3 is 9.80 Å². The van der Waals surface area contributed by atoms with E-state index < -0.39 is 0 Å². The number of hydrogen-bond acceptors (Lipinski definition) is 2. The number of hydrogen-bond donors (Lipinski definition) is 0. The van der Waals surface area contributed by atoms with Gasteiger partial charge in [0.15, 0.2) is 0 Å². The normalized spacial score (nSPS) is 10.0. The molecule has 0 heterocycles. The maximum absolute atomic E-state index is 3.98. The van der Waals surface area contributed by atoms with Crippen LogP contribution in [0.5, 0.6) is 0 Å². The Labute approximate surface area is 112 Å². The predicted octanol–water partition coefficient (Wildman–Crippen LogP) is 2.49.